The first-order valence-corrected chi connectivity index (χ1v) is 6.71. The molecule has 0 spiro atoms. The molecule has 0 unspecified atom stereocenters. The minimum Gasteiger partial charge on any atom is -0.396 e. The van der Waals surface area contributed by atoms with Crippen LogP contribution in [-0.4, -0.2) is 46.0 Å². The normalized spacial score (nSPS) is 11.9. The quantitative estimate of drug-likeness (QED) is 0.452. The van der Waals surface area contributed by atoms with Gasteiger partial charge in [0.2, 0.25) is 10.0 Å². The molecule has 0 saturated carbocycles. The molecule has 0 saturated heterocycles. The molecule has 0 radical (unpaired) electrons. The fourth-order valence-electron chi connectivity index (χ4n) is 0.988. The molecule has 0 aromatic heterocycles. The summed E-state index contributed by atoms with van der Waals surface area (Å²) in [6, 6.07) is 0. The lowest BCUT2D eigenvalue weighted by Gasteiger charge is -2.04. The van der Waals surface area contributed by atoms with Crippen LogP contribution in [0.25, 0.3) is 0 Å². The molecule has 0 fully saturated rings. The number of aliphatic hydroxyl groups is 1. The molecule has 0 aromatic rings. The van der Waals surface area contributed by atoms with Crippen molar-refractivity contribution < 1.29 is 13.5 Å². The van der Waals surface area contributed by atoms with E-state index in [1.165, 1.54) is 0 Å². The first-order valence-electron chi connectivity index (χ1n) is 4.82. The first kappa shape index (κ1) is 13.8. The summed E-state index contributed by atoms with van der Waals surface area (Å²) in [4.78, 5) is 0. The number of unbranched alkanes of at least 4 members (excludes halogenated alkanes) is 2. The summed E-state index contributed by atoms with van der Waals surface area (Å²) in [5.74, 6) is 0. The Kier molecular flexibility index (Phi) is 8.07. The van der Waals surface area contributed by atoms with E-state index in [2.05, 4.69) is 10.0 Å². The van der Waals surface area contributed by atoms with Gasteiger partial charge in [0, 0.05) is 19.7 Å². The Morgan fingerprint density at radius 3 is 2.36 bits per heavy atom. The third-order valence-electron chi connectivity index (χ3n) is 1.68. The van der Waals surface area contributed by atoms with Gasteiger partial charge in [-0.05, 0) is 25.8 Å². The minimum absolute atomic E-state index is 0.246. The van der Waals surface area contributed by atoms with Crippen molar-refractivity contribution in [3.8, 4) is 0 Å². The number of rotatable bonds is 9. The van der Waals surface area contributed by atoms with Crippen molar-refractivity contribution >= 4 is 10.0 Å². The van der Waals surface area contributed by atoms with Crippen LogP contribution in [0.2, 0.25) is 0 Å². The van der Waals surface area contributed by atoms with Crippen molar-refractivity contribution in [3.63, 3.8) is 0 Å². The van der Waals surface area contributed by atoms with E-state index < -0.39 is 10.0 Å². The predicted octanol–water partition coefficient (Wildman–Crippen LogP) is -0.712. The monoisotopic (exact) mass is 224 g/mol. The second-order valence-corrected chi connectivity index (χ2v) is 5.03. The molecular weight excluding hydrogens is 204 g/mol. The van der Waals surface area contributed by atoms with Gasteiger partial charge in [0.25, 0.3) is 0 Å². The maximum absolute atomic E-state index is 10.6. The molecule has 86 valence electrons. The van der Waals surface area contributed by atoms with Crippen molar-refractivity contribution in [1.29, 1.82) is 0 Å². The van der Waals surface area contributed by atoms with E-state index in [9.17, 15) is 8.42 Å². The van der Waals surface area contributed by atoms with Crippen molar-refractivity contribution in [2.75, 3.05) is 32.5 Å². The van der Waals surface area contributed by atoms with E-state index >= 15 is 0 Å². The zero-order valence-electron chi connectivity index (χ0n) is 8.62. The van der Waals surface area contributed by atoms with Gasteiger partial charge in [0.1, 0.15) is 0 Å². The van der Waals surface area contributed by atoms with Crippen LogP contribution in [0.15, 0.2) is 0 Å². The van der Waals surface area contributed by atoms with Crippen molar-refractivity contribution in [2.24, 2.45) is 0 Å². The van der Waals surface area contributed by atoms with Crippen LogP contribution in [0.4, 0.5) is 0 Å². The summed E-state index contributed by atoms with van der Waals surface area (Å²) in [6.07, 6.45) is 4.00. The Labute approximate surface area is 85.9 Å². The van der Waals surface area contributed by atoms with Crippen LogP contribution in [0.5, 0.6) is 0 Å². The lowest BCUT2D eigenvalue weighted by atomic mass is 10.2. The summed E-state index contributed by atoms with van der Waals surface area (Å²) in [5, 5.41) is 11.6. The highest BCUT2D eigenvalue weighted by Crippen LogP contribution is 1.91. The number of hydrogen-bond acceptors (Lipinski definition) is 4. The van der Waals surface area contributed by atoms with Gasteiger partial charge in [-0.25, -0.2) is 13.1 Å². The second-order valence-electron chi connectivity index (χ2n) is 3.20. The van der Waals surface area contributed by atoms with Gasteiger partial charge < -0.3 is 10.4 Å². The maximum Gasteiger partial charge on any atom is 0.208 e. The Morgan fingerprint density at radius 1 is 1.07 bits per heavy atom. The molecule has 0 amide bonds. The molecule has 14 heavy (non-hydrogen) atoms. The van der Waals surface area contributed by atoms with Gasteiger partial charge in [-0.3, -0.25) is 0 Å². The van der Waals surface area contributed by atoms with Crippen LogP contribution >= 0.6 is 0 Å². The number of hydrogen-bond donors (Lipinski definition) is 3. The van der Waals surface area contributed by atoms with Crippen molar-refractivity contribution in [1.82, 2.24) is 10.0 Å². The number of aliphatic hydroxyl groups excluding tert-OH is 1. The van der Waals surface area contributed by atoms with Gasteiger partial charge >= 0.3 is 0 Å². The van der Waals surface area contributed by atoms with Crippen LogP contribution in [-0.2, 0) is 10.0 Å². The maximum atomic E-state index is 10.6. The van der Waals surface area contributed by atoms with E-state index in [1.54, 1.807) is 0 Å². The SMILES string of the molecule is CS(=O)(=O)NCCNCCCCCO. The Bertz CT molecular complexity index is 217. The molecule has 0 heterocycles. The van der Waals surface area contributed by atoms with E-state index in [1.807, 2.05) is 0 Å². The van der Waals surface area contributed by atoms with Crippen LogP contribution < -0.4 is 10.0 Å². The minimum atomic E-state index is -3.05. The molecule has 0 aliphatic heterocycles. The summed E-state index contributed by atoms with van der Waals surface area (Å²) >= 11 is 0. The molecule has 3 N–H and O–H groups in total. The summed E-state index contributed by atoms with van der Waals surface area (Å²) in [6.45, 7) is 2.19. The van der Waals surface area contributed by atoms with Crippen LogP contribution in [0, 0.1) is 0 Å². The standard InChI is InChI=1S/C8H20N2O3S/c1-14(12,13)10-7-6-9-5-3-2-4-8-11/h9-11H,2-8H2,1H3. The highest BCUT2D eigenvalue weighted by molar-refractivity contribution is 7.88. The molecule has 0 rings (SSSR count). The van der Waals surface area contributed by atoms with E-state index in [-0.39, 0.29) is 6.61 Å². The van der Waals surface area contributed by atoms with Crippen molar-refractivity contribution in [2.45, 2.75) is 19.3 Å². The third kappa shape index (κ3) is 11.8. The molecule has 5 nitrogen and oxygen atoms in total. The molecule has 0 bridgehead atoms. The van der Waals surface area contributed by atoms with Gasteiger partial charge in [-0.1, -0.05) is 0 Å². The average Bonchev–Trinajstić information content (AvgIpc) is 2.08. The van der Waals surface area contributed by atoms with E-state index in [0.717, 1.165) is 32.1 Å². The Hall–Kier alpha value is -0.170. The highest BCUT2D eigenvalue weighted by Gasteiger charge is 1.97. The predicted molar refractivity (Wildman–Crippen MR) is 56.7 cm³/mol. The first-order chi connectivity index (χ1) is 6.56. The number of nitrogens with one attached hydrogen (secondary N) is 2. The zero-order valence-corrected chi connectivity index (χ0v) is 9.44. The molecule has 6 heteroatoms. The fourth-order valence-corrected chi connectivity index (χ4v) is 1.46. The zero-order chi connectivity index (χ0) is 10.9. The van der Waals surface area contributed by atoms with Gasteiger partial charge in [0.05, 0.1) is 6.26 Å². The molecule has 0 aromatic carbocycles. The lowest BCUT2D eigenvalue weighted by molar-refractivity contribution is 0.283. The van der Waals surface area contributed by atoms with Crippen LogP contribution in [0.3, 0.4) is 0 Å². The second kappa shape index (κ2) is 8.16. The van der Waals surface area contributed by atoms with Crippen LogP contribution in [0.1, 0.15) is 19.3 Å². The fraction of sp³-hybridized carbons (Fsp3) is 1.00. The molecule has 0 aliphatic rings. The summed E-state index contributed by atoms with van der Waals surface area (Å²) in [5.41, 5.74) is 0. The Balaban J connectivity index is 3.07. The summed E-state index contributed by atoms with van der Waals surface area (Å²) in [7, 11) is -3.05. The topological polar surface area (TPSA) is 78.4 Å². The van der Waals surface area contributed by atoms with Gasteiger partial charge in [-0.2, -0.15) is 0 Å². The van der Waals surface area contributed by atoms with Gasteiger partial charge in [0.15, 0.2) is 0 Å². The largest absolute Gasteiger partial charge is 0.396 e. The molecular formula is C8H20N2O3S. The molecule has 0 aliphatic carbocycles. The Morgan fingerprint density at radius 2 is 1.79 bits per heavy atom. The average molecular weight is 224 g/mol. The smallest absolute Gasteiger partial charge is 0.208 e. The third-order valence-corrected chi connectivity index (χ3v) is 2.41. The highest BCUT2D eigenvalue weighted by atomic mass is 32.2. The number of sulfonamides is 1. The van der Waals surface area contributed by atoms with E-state index in [0.29, 0.717) is 13.1 Å². The van der Waals surface area contributed by atoms with Gasteiger partial charge in [-0.15, -0.1) is 0 Å². The van der Waals surface area contributed by atoms with E-state index in [4.69, 9.17) is 5.11 Å². The molecule has 0 atom stereocenters. The van der Waals surface area contributed by atoms with Crippen molar-refractivity contribution in [3.05, 3.63) is 0 Å². The summed E-state index contributed by atoms with van der Waals surface area (Å²) < 4.78 is 23.7. The lowest BCUT2D eigenvalue weighted by Crippen LogP contribution is -2.31.